The second-order valence-corrected chi connectivity index (χ2v) is 3.48. The molecule has 2 N–H and O–H groups in total. The lowest BCUT2D eigenvalue weighted by Crippen LogP contribution is -2.28. The molecular formula is C9H16N4. The van der Waals surface area contributed by atoms with Crippen LogP contribution in [0.2, 0.25) is 0 Å². The molecule has 0 amide bonds. The van der Waals surface area contributed by atoms with E-state index < -0.39 is 0 Å². The molecule has 0 spiro atoms. The molecule has 1 fully saturated rings. The van der Waals surface area contributed by atoms with Gasteiger partial charge in [-0.25, -0.2) is 4.98 Å². The van der Waals surface area contributed by atoms with Crippen LogP contribution in [0, 0.1) is 6.92 Å². The minimum atomic E-state index is 1.02. The summed E-state index contributed by atoms with van der Waals surface area (Å²) < 4.78 is 0. The molecule has 72 valence electrons. The van der Waals surface area contributed by atoms with E-state index in [1.165, 1.54) is 6.42 Å². The van der Waals surface area contributed by atoms with Crippen molar-refractivity contribution in [2.75, 3.05) is 31.1 Å². The third kappa shape index (κ3) is 2.01. The van der Waals surface area contributed by atoms with Crippen LogP contribution in [0.15, 0.2) is 6.20 Å². The van der Waals surface area contributed by atoms with Crippen LogP contribution in [0.25, 0.3) is 0 Å². The molecule has 0 radical (unpaired) electrons. The number of imidazole rings is 1. The van der Waals surface area contributed by atoms with Crippen LogP contribution in [0.3, 0.4) is 0 Å². The van der Waals surface area contributed by atoms with Crippen molar-refractivity contribution in [3.8, 4) is 0 Å². The Hall–Kier alpha value is -1.03. The SMILES string of the molecule is Cc1cnc(N2CCCNCC2)[nH]1. The first-order chi connectivity index (χ1) is 6.36. The van der Waals surface area contributed by atoms with E-state index in [-0.39, 0.29) is 0 Å². The van der Waals surface area contributed by atoms with E-state index in [1.54, 1.807) is 0 Å². The topological polar surface area (TPSA) is 44.0 Å². The molecule has 0 aromatic carbocycles. The van der Waals surface area contributed by atoms with Gasteiger partial charge in [-0.1, -0.05) is 0 Å². The molecule has 1 aromatic heterocycles. The Kier molecular flexibility index (Phi) is 2.49. The first kappa shape index (κ1) is 8.56. The van der Waals surface area contributed by atoms with E-state index in [0.29, 0.717) is 0 Å². The molecule has 0 aliphatic carbocycles. The van der Waals surface area contributed by atoms with Crippen LogP contribution in [0.5, 0.6) is 0 Å². The van der Waals surface area contributed by atoms with Gasteiger partial charge in [0.2, 0.25) is 5.95 Å². The molecule has 0 saturated carbocycles. The number of aryl methyl sites for hydroxylation is 1. The molecule has 1 saturated heterocycles. The highest BCUT2D eigenvalue weighted by Crippen LogP contribution is 2.09. The van der Waals surface area contributed by atoms with Gasteiger partial charge in [-0.05, 0) is 19.9 Å². The normalized spacial score (nSPS) is 18.7. The fourth-order valence-corrected chi connectivity index (χ4v) is 1.62. The van der Waals surface area contributed by atoms with Gasteiger partial charge < -0.3 is 15.2 Å². The lowest BCUT2D eigenvalue weighted by Gasteiger charge is -2.18. The minimum Gasteiger partial charge on any atom is -0.341 e. The zero-order chi connectivity index (χ0) is 9.10. The smallest absolute Gasteiger partial charge is 0.202 e. The maximum Gasteiger partial charge on any atom is 0.202 e. The van der Waals surface area contributed by atoms with E-state index in [0.717, 1.165) is 37.8 Å². The van der Waals surface area contributed by atoms with E-state index in [9.17, 15) is 0 Å². The zero-order valence-corrected chi connectivity index (χ0v) is 8.01. The van der Waals surface area contributed by atoms with Crippen molar-refractivity contribution in [3.05, 3.63) is 11.9 Å². The molecule has 1 aliphatic heterocycles. The maximum absolute atomic E-state index is 4.32. The number of hydrogen-bond donors (Lipinski definition) is 2. The zero-order valence-electron chi connectivity index (χ0n) is 8.01. The fourth-order valence-electron chi connectivity index (χ4n) is 1.62. The summed E-state index contributed by atoms with van der Waals surface area (Å²) in [6.07, 6.45) is 3.08. The first-order valence-electron chi connectivity index (χ1n) is 4.83. The highest BCUT2D eigenvalue weighted by molar-refractivity contribution is 5.31. The second kappa shape index (κ2) is 3.79. The third-order valence-corrected chi connectivity index (χ3v) is 2.33. The summed E-state index contributed by atoms with van der Waals surface area (Å²) in [5.41, 5.74) is 1.13. The van der Waals surface area contributed by atoms with Crippen LogP contribution in [-0.4, -0.2) is 36.1 Å². The predicted octanol–water partition coefficient (Wildman–Crippen LogP) is 0.518. The van der Waals surface area contributed by atoms with Crippen LogP contribution in [-0.2, 0) is 0 Å². The van der Waals surface area contributed by atoms with Gasteiger partial charge in [0.15, 0.2) is 0 Å². The van der Waals surface area contributed by atoms with E-state index in [1.807, 2.05) is 13.1 Å². The van der Waals surface area contributed by atoms with Crippen LogP contribution < -0.4 is 10.2 Å². The first-order valence-corrected chi connectivity index (χ1v) is 4.83. The average molecular weight is 180 g/mol. The van der Waals surface area contributed by atoms with Gasteiger partial charge in [0.1, 0.15) is 0 Å². The van der Waals surface area contributed by atoms with Crippen LogP contribution in [0.4, 0.5) is 5.95 Å². The predicted molar refractivity (Wildman–Crippen MR) is 53.0 cm³/mol. The number of hydrogen-bond acceptors (Lipinski definition) is 3. The fraction of sp³-hybridized carbons (Fsp3) is 0.667. The van der Waals surface area contributed by atoms with Crippen molar-refractivity contribution in [2.24, 2.45) is 0 Å². The molecule has 0 unspecified atom stereocenters. The van der Waals surface area contributed by atoms with Gasteiger partial charge in [0, 0.05) is 31.5 Å². The van der Waals surface area contributed by atoms with Crippen molar-refractivity contribution in [2.45, 2.75) is 13.3 Å². The monoisotopic (exact) mass is 180 g/mol. The Morgan fingerprint density at radius 2 is 2.31 bits per heavy atom. The molecule has 4 nitrogen and oxygen atoms in total. The molecule has 2 rings (SSSR count). The number of nitrogens with one attached hydrogen (secondary N) is 2. The highest BCUT2D eigenvalue weighted by atomic mass is 15.3. The van der Waals surface area contributed by atoms with Gasteiger partial charge in [-0.15, -0.1) is 0 Å². The maximum atomic E-state index is 4.32. The minimum absolute atomic E-state index is 1.02. The summed E-state index contributed by atoms with van der Waals surface area (Å²) in [4.78, 5) is 9.88. The largest absolute Gasteiger partial charge is 0.341 e. The van der Waals surface area contributed by atoms with Crippen LogP contribution >= 0.6 is 0 Å². The van der Waals surface area contributed by atoms with Gasteiger partial charge in [0.05, 0.1) is 0 Å². The number of aromatic amines is 1. The van der Waals surface area contributed by atoms with Gasteiger partial charge >= 0.3 is 0 Å². The number of aromatic nitrogens is 2. The average Bonchev–Trinajstić information content (AvgIpc) is 2.43. The summed E-state index contributed by atoms with van der Waals surface area (Å²) >= 11 is 0. The molecule has 2 heterocycles. The molecular weight excluding hydrogens is 164 g/mol. The second-order valence-electron chi connectivity index (χ2n) is 3.48. The van der Waals surface area contributed by atoms with E-state index in [4.69, 9.17) is 0 Å². The summed E-state index contributed by atoms with van der Waals surface area (Å²) in [5, 5.41) is 3.37. The Balaban J connectivity index is 2.06. The summed E-state index contributed by atoms with van der Waals surface area (Å²) in [6, 6.07) is 0. The number of nitrogens with zero attached hydrogens (tertiary/aromatic N) is 2. The van der Waals surface area contributed by atoms with Crippen molar-refractivity contribution in [1.82, 2.24) is 15.3 Å². The van der Waals surface area contributed by atoms with Crippen molar-refractivity contribution in [3.63, 3.8) is 0 Å². The quantitative estimate of drug-likeness (QED) is 0.662. The Bertz CT molecular complexity index is 260. The molecule has 1 aromatic rings. The van der Waals surface area contributed by atoms with Gasteiger partial charge in [-0.3, -0.25) is 0 Å². The van der Waals surface area contributed by atoms with Crippen LogP contribution in [0.1, 0.15) is 12.1 Å². The van der Waals surface area contributed by atoms with E-state index in [2.05, 4.69) is 20.2 Å². The molecule has 13 heavy (non-hydrogen) atoms. The Morgan fingerprint density at radius 1 is 1.38 bits per heavy atom. The lowest BCUT2D eigenvalue weighted by atomic mass is 10.4. The molecule has 4 heteroatoms. The number of anilines is 1. The highest BCUT2D eigenvalue weighted by Gasteiger charge is 2.11. The summed E-state index contributed by atoms with van der Waals surface area (Å²) in [7, 11) is 0. The lowest BCUT2D eigenvalue weighted by molar-refractivity contribution is 0.724. The van der Waals surface area contributed by atoms with Gasteiger partial charge in [-0.2, -0.15) is 0 Å². The standard InChI is InChI=1S/C9H16N4/c1-8-7-11-9(12-8)13-5-2-3-10-4-6-13/h7,10H,2-6H2,1H3,(H,11,12). The van der Waals surface area contributed by atoms with Crippen molar-refractivity contribution < 1.29 is 0 Å². The van der Waals surface area contributed by atoms with Crippen molar-refractivity contribution in [1.29, 1.82) is 0 Å². The number of H-pyrrole nitrogens is 1. The number of rotatable bonds is 1. The Labute approximate surface area is 78.4 Å². The molecule has 0 bridgehead atoms. The molecule has 0 atom stereocenters. The Morgan fingerprint density at radius 3 is 3.08 bits per heavy atom. The van der Waals surface area contributed by atoms with Gasteiger partial charge in [0.25, 0.3) is 0 Å². The van der Waals surface area contributed by atoms with E-state index >= 15 is 0 Å². The van der Waals surface area contributed by atoms with Crippen molar-refractivity contribution >= 4 is 5.95 Å². The third-order valence-electron chi connectivity index (χ3n) is 2.33. The molecule has 1 aliphatic rings. The summed E-state index contributed by atoms with van der Waals surface area (Å²) in [6.45, 7) is 6.36. The summed E-state index contributed by atoms with van der Waals surface area (Å²) in [5.74, 6) is 1.02.